The first-order valence-electron chi connectivity index (χ1n) is 3.52. The number of methoxy groups -OCH3 is 1. The molecule has 0 aliphatic heterocycles. The third-order valence-electron chi connectivity index (χ3n) is 1.01. The van der Waals surface area contributed by atoms with E-state index in [0.717, 1.165) is 0 Å². The van der Waals surface area contributed by atoms with E-state index in [1.54, 1.807) is 14.0 Å². The Labute approximate surface area is 66.4 Å². The lowest BCUT2D eigenvalue weighted by Gasteiger charge is -2.10. The van der Waals surface area contributed by atoms with Crippen LogP contribution in [0.2, 0.25) is 0 Å². The van der Waals surface area contributed by atoms with Crippen LogP contribution in [0.3, 0.4) is 0 Å². The molecule has 0 amide bonds. The molecule has 11 heavy (non-hydrogen) atoms. The molecule has 1 unspecified atom stereocenters. The summed E-state index contributed by atoms with van der Waals surface area (Å²) in [5.74, 6) is 0. The molecule has 0 radical (unpaired) electrons. The van der Waals surface area contributed by atoms with Crippen LogP contribution >= 0.6 is 0 Å². The van der Waals surface area contributed by atoms with Crippen LogP contribution in [-0.2, 0) is 19.0 Å². The molecule has 0 heterocycles. The van der Waals surface area contributed by atoms with Gasteiger partial charge in [-0.05, 0) is 6.92 Å². The van der Waals surface area contributed by atoms with Gasteiger partial charge in [-0.3, -0.25) is 4.79 Å². The summed E-state index contributed by atoms with van der Waals surface area (Å²) in [6.07, 6.45) is -0.116. The molecule has 0 aromatic rings. The van der Waals surface area contributed by atoms with Crippen LogP contribution in [0.1, 0.15) is 6.92 Å². The van der Waals surface area contributed by atoms with Gasteiger partial charge in [0.1, 0.15) is 0 Å². The molecule has 0 rings (SSSR count). The number of aldehydes is 1. The van der Waals surface area contributed by atoms with Crippen molar-refractivity contribution in [3.63, 3.8) is 0 Å². The van der Waals surface area contributed by atoms with E-state index in [9.17, 15) is 4.79 Å². The summed E-state index contributed by atoms with van der Waals surface area (Å²) in [4.78, 5) is 10.2. The third kappa shape index (κ3) is 5.97. The summed E-state index contributed by atoms with van der Waals surface area (Å²) in [5.41, 5.74) is 0. The quantitative estimate of drug-likeness (QED) is 0.305. The van der Waals surface area contributed by atoms with E-state index in [1.807, 2.05) is 0 Å². The van der Waals surface area contributed by atoms with Gasteiger partial charge in [-0.15, -0.1) is 0 Å². The lowest BCUT2D eigenvalue weighted by Crippen LogP contribution is -2.20. The van der Waals surface area contributed by atoms with Gasteiger partial charge in [-0.1, -0.05) is 0 Å². The van der Waals surface area contributed by atoms with Crippen molar-refractivity contribution in [3.8, 4) is 0 Å². The van der Waals surface area contributed by atoms with Gasteiger partial charge in [0.25, 0.3) is 0 Å². The number of carbonyl (C=O) groups excluding carboxylic acids is 1. The molecule has 0 N–H and O–H groups in total. The van der Waals surface area contributed by atoms with E-state index in [2.05, 4.69) is 0 Å². The predicted molar refractivity (Wildman–Crippen MR) is 39.3 cm³/mol. The highest BCUT2D eigenvalue weighted by Crippen LogP contribution is 1.90. The summed E-state index contributed by atoms with van der Waals surface area (Å²) < 4.78 is 14.6. The van der Waals surface area contributed by atoms with Gasteiger partial charge in [0.15, 0.2) is 6.29 Å². The Bertz CT molecular complexity index is 94.4. The molecule has 0 spiro atoms. The van der Waals surface area contributed by atoms with Crippen LogP contribution in [0, 0.1) is 0 Å². The highest BCUT2D eigenvalue weighted by molar-refractivity contribution is 5.53. The fraction of sp³-hybridized carbons (Fsp3) is 0.857. The van der Waals surface area contributed by atoms with Crippen molar-refractivity contribution in [1.29, 1.82) is 0 Å². The lowest BCUT2D eigenvalue weighted by molar-refractivity contribution is -0.159. The highest BCUT2D eigenvalue weighted by atomic mass is 16.7. The highest BCUT2D eigenvalue weighted by Gasteiger charge is 2.04. The molecule has 0 aromatic heterocycles. The van der Waals surface area contributed by atoms with Gasteiger partial charge >= 0.3 is 0 Å². The van der Waals surface area contributed by atoms with Gasteiger partial charge in [0.05, 0.1) is 13.2 Å². The van der Waals surface area contributed by atoms with Crippen LogP contribution < -0.4 is 0 Å². The second-order valence-electron chi connectivity index (χ2n) is 1.82. The van der Waals surface area contributed by atoms with E-state index in [0.29, 0.717) is 26.1 Å². The van der Waals surface area contributed by atoms with Gasteiger partial charge in [-0.2, -0.15) is 0 Å². The molecule has 1 atom stereocenters. The monoisotopic (exact) mass is 162 g/mol. The Kier molecular flexibility index (Phi) is 7.34. The Hall–Kier alpha value is -0.450. The van der Waals surface area contributed by atoms with Crippen molar-refractivity contribution < 1.29 is 19.0 Å². The number of carbonyl (C=O) groups is 1. The second kappa shape index (κ2) is 7.65. The zero-order chi connectivity index (χ0) is 8.53. The van der Waals surface area contributed by atoms with E-state index in [1.165, 1.54) is 0 Å². The van der Waals surface area contributed by atoms with E-state index in [-0.39, 0.29) is 0 Å². The maximum Gasteiger partial charge on any atom is 0.214 e. The molecule has 0 fully saturated rings. The first-order chi connectivity index (χ1) is 5.35. The normalized spacial score (nSPS) is 12.9. The molecule has 4 heteroatoms. The van der Waals surface area contributed by atoms with Crippen molar-refractivity contribution in [2.24, 2.45) is 0 Å². The zero-order valence-corrected chi connectivity index (χ0v) is 6.91. The minimum atomic E-state index is -0.741. The molecule has 0 aromatic carbocycles. The van der Waals surface area contributed by atoms with Gasteiger partial charge in [0, 0.05) is 13.7 Å². The standard InChI is InChI=1S/C7H14O4/c1-3-10-7(6-8)11-5-4-9-2/h6-7H,3-5H2,1-2H3. The summed E-state index contributed by atoms with van der Waals surface area (Å²) in [5, 5.41) is 0. The average molecular weight is 162 g/mol. The van der Waals surface area contributed by atoms with Crippen molar-refractivity contribution >= 4 is 6.29 Å². The summed E-state index contributed by atoms with van der Waals surface area (Å²) in [6.45, 7) is 3.11. The van der Waals surface area contributed by atoms with Crippen molar-refractivity contribution in [2.45, 2.75) is 13.2 Å². The van der Waals surface area contributed by atoms with Crippen LogP contribution in [0.4, 0.5) is 0 Å². The zero-order valence-electron chi connectivity index (χ0n) is 6.91. The van der Waals surface area contributed by atoms with Crippen LogP contribution in [0.15, 0.2) is 0 Å². The molecule has 0 aliphatic carbocycles. The topological polar surface area (TPSA) is 44.8 Å². The fourth-order valence-corrected chi connectivity index (χ4v) is 0.539. The average Bonchev–Trinajstić information content (AvgIpc) is 2.03. The Morgan fingerprint density at radius 1 is 1.36 bits per heavy atom. The first kappa shape index (κ1) is 10.6. The molecule has 66 valence electrons. The molecule has 0 saturated heterocycles. The minimum Gasteiger partial charge on any atom is -0.382 e. The number of ether oxygens (including phenoxy) is 3. The van der Waals surface area contributed by atoms with Gasteiger partial charge in [-0.25, -0.2) is 0 Å². The lowest BCUT2D eigenvalue weighted by atomic mass is 10.7. The van der Waals surface area contributed by atoms with Crippen LogP contribution in [0.25, 0.3) is 0 Å². The maximum atomic E-state index is 10.2. The second-order valence-corrected chi connectivity index (χ2v) is 1.82. The molecular weight excluding hydrogens is 148 g/mol. The smallest absolute Gasteiger partial charge is 0.214 e. The largest absolute Gasteiger partial charge is 0.382 e. The van der Waals surface area contributed by atoms with Gasteiger partial charge in [0.2, 0.25) is 6.29 Å². The molecule has 0 saturated carbocycles. The fourth-order valence-electron chi connectivity index (χ4n) is 0.539. The summed E-state index contributed by atoms with van der Waals surface area (Å²) in [7, 11) is 1.57. The molecule has 4 nitrogen and oxygen atoms in total. The number of hydrogen-bond donors (Lipinski definition) is 0. The Morgan fingerprint density at radius 2 is 2.09 bits per heavy atom. The molecule has 0 aliphatic rings. The maximum absolute atomic E-state index is 10.2. The number of rotatable bonds is 7. The first-order valence-corrected chi connectivity index (χ1v) is 3.52. The number of hydrogen-bond acceptors (Lipinski definition) is 4. The summed E-state index contributed by atoms with van der Waals surface area (Å²) in [6, 6.07) is 0. The molecular formula is C7H14O4. The van der Waals surface area contributed by atoms with Crippen LogP contribution in [0.5, 0.6) is 0 Å². The minimum absolute atomic E-state index is 0.375. The van der Waals surface area contributed by atoms with Crippen molar-refractivity contribution in [2.75, 3.05) is 26.9 Å². The predicted octanol–water partition coefficient (Wildman–Crippen LogP) is 0.211. The summed E-state index contributed by atoms with van der Waals surface area (Å²) >= 11 is 0. The Balaban J connectivity index is 3.28. The van der Waals surface area contributed by atoms with E-state index < -0.39 is 6.29 Å². The van der Waals surface area contributed by atoms with E-state index in [4.69, 9.17) is 14.2 Å². The van der Waals surface area contributed by atoms with Crippen molar-refractivity contribution in [3.05, 3.63) is 0 Å². The SMILES string of the molecule is CCOC(C=O)OCCOC. The van der Waals surface area contributed by atoms with Crippen molar-refractivity contribution in [1.82, 2.24) is 0 Å². The molecule has 0 bridgehead atoms. The van der Waals surface area contributed by atoms with E-state index >= 15 is 0 Å². The Morgan fingerprint density at radius 3 is 2.55 bits per heavy atom. The van der Waals surface area contributed by atoms with Gasteiger partial charge < -0.3 is 14.2 Å². The third-order valence-corrected chi connectivity index (χ3v) is 1.01. The van der Waals surface area contributed by atoms with Crippen LogP contribution in [-0.4, -0.2) is 39.5 Å².